The summed E-state index contributed by atoms with van der Waals surface area (Å²) < 4.78 is 5.16. The summed E-state index contributed by atoms with van der Waals surface area (Å²) in [5.74, 6) is 0.903. The maximum atomic E-state index is 5.16. The monoisotopic (exact) mass is 192 g/mol. The molecule has 0 atom stereocenters. The molecular weight excluding hydrogens is 176 g/mol. The number of hydrogen-bond acceptors (Lipinski definition) is 1. The quantitative estimate of drug-likeness (QED) is 0.525. The van der Waals surface area contributed by atoms with Crippen LogP contribution >= 0.6 is 0 Å². The molecule has 1 heterocycles. The van der Waals surface area contributed by atoms with Gasteiger partial charge in [-0.15, -0.1) is 0 Å². The lowest BCUT2D eigenvalue weighted by Gasteiger charge is -2.06. The molecule has 70 valence electrons. The van der Waals surface area contributed by atoms with Crippen LogP contribution in [0.2, 0.25) is 19.6 Å². The third kappa shape index (κ3) is 4.53. The zero-order chi connectivity index (χ0) is 9.73. The highest BCUT2D eigenvalue weighted by Gasteiger charge is 2.05. The minimum Gasteiger partial charge on any atom is -0.465 e. The molecule has 0 fully saturated rings. The Morgan fingerprint density at radius 1 is 1.23 bits per heavy atom. The number of furan rings is 1. The van der Waals surface area contributed by atoms with E-state index >= 15 is 0 Å². The van der Waals surface area contributed by atoms with Crippen LogP contribution in [-0.4, -0.2) is 8.07 Å². The summed E-state index contributed by atoms with van der Waals surface area (Å²) in [5, 5.41) is 0. The largest absolute Gasteiger partial charge is 0.465 e. The Hall–Kier alpha value is -1.02. The van der Waals surface area contributed by atoms with Crippen LogP contribution in [0.1, 0.15) is 5.76 Å². The standard InChI is InChI=1S/C11H16OSi/c1-13(2,3)10-5-4-7-11-8-6-9-12-11/h4-10H,1-3H3/b7-4+,10-5+. The SMILES string of the molecule is C[Si](C)(C)/C=C/C=C/c1ccco1. The molecule has 0 radical (unpaired) electrons. The maximum absolute atomic E-state index is 5.16. The molecule has 0 N–H and O–H groups in total. The second-order valence-electron chi connectivity index (χ2n) is 4.10. The van der Waals surface area contributed by atoms with Gasteiger partial charge in [0.05, 0.1) is 14.3 Å². The van der Waals surface area contributed by atoms with Crippen molar-refractivity contribution < 1.29 is 4.42 Å². The van der Waals surface area contributed by atoms with Crippen LogP contribution in [0, 0.1) is 0 Å². The second-order valence-corrected chi connectivity index (χ2v) is 9.17. The zero-order valence-electron chi connectivity index (χ0n) is 8.45. The normalized spacial score (nSPS) is 13.2. The van der Waals surface area contributed by atoms with E-state index in [1.54, 1.807) is 6.26 Å². The van der Waals surface area contributed by atoms with E-state index in [4.69, 9.17) is 4.42 Å². The second kappa shape index (κ2) is 4.28. The summed E-state index contributed by atoms with van der Waals surface area (Å²) in [6, 6.07) is 3.83. The van der Waals surface area contributed by atoms with E-state index in [-0.39, 0.29) is 0 Å². The predicted octanol–water partition coefficient (Wildman–Crippen LogP) is 3.73. The van der Waals surface area contributed by atoms with Gasteiger partial charge in [0, 0.05) is 0 Å². The lowest BCUT2D eigenvalue weighted by Crippen LogP contribution is -2.14. The van der Waals surface area contributed by atoms with Gasteiger partial charge < -0.3 is 4.42 Å². The molecule has 0 aliphatic rings. The van der Waals surface area contributed by atoms with E-state index in [9.17, 15) is 0 Å². The van der Waals surface area contributed by atoms with E-state index in [0.29, 0.717) is 0 Å². The first-order chi connectivity index (χ1) is 6.08. The van der Waals surface area contributed by atoms with Crippen molar-refractivity contribution in [2.45, 2.75) is 19.6 Å². The molecule has 2 heteroatoms. The maximum Gasteiger partial charge on any atom is 0.126 e. The highest BCUT2D eigenvalue weighted by atomic mass is 28.3. The summed E-state index contributed by atoms with van der Waals surface area (Å²) in [6.07, 6.45) is 7.78. The van der Waals surface area contributed by atoms with E-state index < -0.39 is 8.07 Å². The molecule has 0 bridgehead atoms. The molecule has 0 unspecified atom stereocenters. The Morgan fingerprint density at radius 3 is 2.54 bits per heavy atom. The molecule has 1 aromatic heterocycles. The van der Waals surface area contributed by atoms with Gasteiger partial charge in [0.2, 0.25) is 0 Å². The van der Waals surface area contributed by atoms with Gasteiger partial charge in [0.25, 0.3) is 0 Å². The number of allylic oxidation sites excluding steroid dienone is 2. The first-order valence-electron chi connectivity index (χ1n) is 4.47. The molecule has 1 nitrogen and oxygen atoms in total. The molecule has 0 aromatic carbocycles. The molecule has 0 aliphatic carbocycles. The average molecular weight is 192 g/mol. The van der Waals surface area contributed by atoms with E-state index in [0.717, 1.165) is 5.76 Å². The van der Waals surface area contributed by atoms with Crippen molar-refractivity contribution >= 4 is 14.1 Å². The van der Waals surface area contributed by atoms with Crippen LogP contribution in [0.15, 0.2) is 40.7 Å². The highest BCUT2D eigenvalue weighted by molar-refractivity contribution is 6.81. The van der Waals surface area contributed by atoms with Gasteiger partial charge in [-0.1, -0.05) is 37.5 Å². The zero-order valence-corrected chi connectivity index (χ0v) is 9.45. The van der Waals surface area contributed by atoms with Crippen molar-refractivity contribution in [3.8, 4) is 0 Å². The van der Waals surface area contributed by atoms with Crippen molar-refractivity contribution in [1.29, 1.82) is 0 Å². The topological polar surface area (TPSA) is 13.1 Å². The van der Waals surface area contributed by atoms with Crippen molar-refractivity contribution in [1.82, 2.24) is 0 Å². The number of hydrogen-bond donors (Lipinski definition) is 0. The molecule has 13 heavy (non-hydrogen) atoms. The highest BCUT2D eigenvalue weighted by Crippen LogP contribution is 2.04. The van der Waals surface area contributed by atoms with Crippen LogP contribution in [-0.2, 0) is 0 Å². The Kier molecular flexibility index (Phi) is 3.31. The molecule has 0 amide bonds. The Bertz CT molecular complexity index is 288. The molecule has 1 aromatic rings. The van der Waals surface area contributed by atoms with E-state index in [2.05, 4.69) is 31.4 Å². The fraction of sp³-hybridized carbons (Fsp3) is 0.273. The van der Waals surface area contributed by atoms with Crippen LogP contribution in [0.3, 0.4) is 0 Å². The van der Waals surface area contributed by atoms with Crippen molar-refractivity contribution in [3.05, 3.63) is 42.0 Å². The Morgan fingerprint density at radius 2 is 2.00 bits per heavy atom. The van der Waals surface area contributed by atoms with Gasteiger partial charge >= 0.3 is 0 Å². The smallest absolute Gasteiger partial charge is 0.126 e. The summed E-state index contributed by atoms with van der Waals surface area (Å²) in [7, 11) is -1.04. The molecule has 0 saturated carbocycles. The predicted molar refractivity (Wildman–Crippen MR) is 60.2 cm³/mol. The van der Waals surface area contributed by atoms with Crippen LogP contribution < -0.4 is 0 Å². The average Bonchev–Trinajstić information content (AvgIpc) is 2.48. The summed E-state index contributed by atoms with van der Waals surface area (Å²) in [5.41, 5.74) is 2.30. The van der Waals surface area contributed by atoms with Gasteiger partial charge in [-0.2, -0.15) is 0 Å². The van der Waals surface area contributed by atoms with Gasteiger partial charge in [0.1, 0.15) is 5.76 Å². The fourth-order valence-corrected chi connectivity index (χ4v) is 1.57. The molecule has 1 rings (SSSR count). The first-order valence-corrected chi connectivity index (χ1v) is 8.05. The molecule has 0 saturated heterocycles. The van der Waals surface area contributed by atoms with Gasteiger partial charge in [-0.25, -0.2) is 0 Å². The van der Waals surface area contributed by atoms with Crippen molar-refractivity contribution in [2.75, 3.05) is 0 Å². The minimum atomic E-state index is -1.04. The lowest BCUT2D eigenvalue weighted by molar-refractivity contribution is 0.557. The van der Waals surface area contributed by atoms with E-state index in [1.807, 2.05) is 24.3 Å². The van der Waals surface area contributed by atoms with Gasteiger partial charge in [-0.05, 0) is 18.2 Å². The summed E-state index contributed by atoms with van der Waals surface area (Å²) >= 11 is 0. The van der Waals surface area contributed by atoms with Crippen molar-refractivity contribution in [3.63, 3.8) is 0 Å². The van der Waals surface area contributed by atoms with Crippen LogP contribution in [0.5, 0.6) is 0 Å². The molecule has 0 aliphatic heterocycles. The van der Waals surface area contributed by atoms with E-state index in [1.165, 1.54) is 0 Å². The van der Waals surface area contributed by atoms with Gasteiger partial charge in [0.15, 0.2) is 0 Å². The Labute approximate surface area is 80.8 Å². The Balaban J connectivity index is 2.47. The van der Waals surface area contributed by atoms with Gasteiger partial charge in [-0.3, -0.25) is 0 Å². The summed E-state index contributed by atoms with van der Waals surface area (Å²) in [6.45, 7) is 6.93. The third-order valence-corrected chi connectivity index (χ3v) is 2.70. The fourth-order valence-electron chi connectivity index (χ4n) is 0.881. The van der Waals surface area contributed by atoms with Crippen LogP contribution in [0.25, 0.3) is 6.08 Å². The van der Waals surface area contributed by atoms with Crippen molar-refractivity contribution in [2.24, 2.45) is 0 Å². The third-order valence-electron chi connectivity index (χ3n) is 1.51. The lowest BCUT2D eigenvalue weighted by atomic mass is 10.4. The first kappa shape index (κ1) is 10.1. The molecular formula is C11H16OSi. The molecule has 0 spiro atoms. The summed E-state index contributed by atoms with van der Waals surface area (Å²) in [4.78, 5) is 0. The minimum absolute atomic E-state index is 0.903. The van der Waals surface area contributed by atoms with Crippen LogP contribution in [0.4, 0.5) is 0 Å². The number of rotatable bonds is 3.